The third-order valence-electron chi connectivity index (χ3n) is 3.89. The molecular weight excluding hydrogens is 250 g/mol. The Kier molecular flexibility index (Phi) is 3.64. The van der Waals surface area contributed by atoms with Crippen molar-refractivity contribution in [1.29, 1.82) is 5.26 Å². The number of nitrogens with one attached hydrogen (secondary N) is 1. The van der Waals surface area contributed by atoms with Gasteiger partial charge in [0.2, 0.25) is 0 Å². The number of aromatic amines is 1. The minimum absolute atomic E-state index is 0.666. The van der Waals surface area contributed by atoms with E-state index in [4.69, 9.17) is 5.26 Å². The third kappa shape index (κ3) is 2.64. The fraction of sp³-hybridized carbons (Fsp3) is 0.400. The van der Waals surface area contributed by atoms with Crippen LogP contribution in [-0.4, -0.2) is 28.3 Å². The zero-order valence-electron chi connectivity index (χ0n) is 11.3. The Hall–Kier alpha value is -2.35. The van der Waals surface area contributed by atoms with Gasteiger partial charge in [-0.2, -0.15) is 10.4 Å². The van der Waals surface area contributed by atoms with Crippen LogP contribution in [0.4, 0.5) is 5.82 Å². The molecule has 1 saturated heterocycles. The summed E-state index contributed by atoms with van der Waals surface area (Å²) in [5.41, 5.74) is 1.87. The zero-order valence-corrected chi connectivity index (χ0v) is 11.3. The van der Waals surface area contributed by atoms with E-state index in [0.29, 0.717) is 11.5 Å². The van der Waals surface area contributed by atoms with E-state index in [2.05, 4.69) is 26.2 Å². The number of pyridine rings is 1. The van der Waals surface area contributed by atoms with Crippen LogP contribution < -0.4 is 4.90 Å². The Balaban J connectivity index is 1.62. The summed E-state index contributed by atoms with van der Waals surface area (Å²) in [6.45, 7) is 1.93. The van der Waals surface area contributed by atoms with Crippen LogP contribution in [0.3, 0.4) is 0 Å². The molecule has 5 nitrogen and oxygen atoms in total. The highest BCUT2D eigenvalue weighted by Crippen LogP contribution is 2.25. The lowest BCUT2D eigenvalue weighted by atomic mass is 9.92. The maximum absolute atomic E-state index is 9.14. The van der Waals surface area contributed by atoms with Gasteiger partial charge in [-0.25, -0.2) is 4.98 Å². The van der Waals surface area contributed by atoms with Gasteiger partial charge in [0.1, 0.15) is 11.9 Å². The van der Waals surface area contributed by atoms with Crippen LogP contribution in [0.15, 0.2) is 30.6 Å². The molecule has 3 heterocycles. The number of rotatable bonds is 3. The lowest BCUT2D eigenvalue weighted by Gasteiger charge is -2.33. The van der Waals surface area contributed by atoms with Gasteiger partial charge >= 0.3 is 0 Å². The Morgan fingerprint density at radius 2 is 2.15 bits per heavy atom. The number of nitriles is 1. The molecule has 0 amide bonds. The van der Waals surface area contributed by atoms with Crippen molar-refractivity contribution >= 4 is 5.82 Å². The number of piperidine rings is 1. The van der Waals surface area contributed by atoms with Crippen LogP contribution in [0.2, 0.25) is 0 Å². The highest BCUT2D eigenvalue weighted by Gasteiger charge is 2.22. The SMILES string of the molecule is N#Cc1cccnc1N1CCC(Cc2ccn[nH]2)CC1. The molecule has 0 aliphatic carbocycles. The van der Waals surface area contributed by atoms with Crippen molar-refractivity contribution in [2.24, 2.45) is 5.92 Å². The minimum Gasteiger partial charge on any atom is -0.356 e. The summed E-state index contributed by atoms with van der Waals surface area (Å²) < 4.78 is 0. The van der Waals surface area contributed by atoms with Gasteiger partial charge in [-0.3, -0.25) is 5.10 Å². The minimum atomic E-state index is 0.666. The first kappa shape index (κ1) is 12.7. The first-order valence-corrected chi connectivity index (χ1v) is 6.95. The van der Waals surface area contributed by atoms with Gasteiger partial charge in [-0.05, 0) is 43.4 Å². The molecule has 0 saturated carbocycles. The molecule has 20 heavy (non-hydrogen) atoms. The molecule has 1 fully saturated rings. The highest BCUT2D eigenvalue weighted by atomic mass is 15.2. The maximum atomic E-state index is 9.14. The third-order valence-corrected chi connectivity index (χ3v) is 3.89. The van der Waals surface area contributed by atoms with E-state index in [0.717, 1.165) is 38.2 Å². The smallest absolute Gasteiger partial charge is 0.146 e. The number of hydrogen-bond acceptors (Lipinski definition) is 4. The molecule has 0 aromatic carbocycles. The lowest BCUT2D eigenvalue weighted by Crippen LogP contribution is -2.35. The van der Waals surface area contributed by atoms with Crippen molar-refractivity contribution in [3.63, 3.8) is 0 Å². The van der Waals surface area contributed by atoms with Gasteiger partial charge < -0.3 is 4.90 Å². The molecule has 1 aliphatic heterocycles. The number of aromatic nitrogens is 3. The zero-order chi connectivity index (χ0) is 13.8. The molecule has 2 aromatic heterocycles. The first-order chi connectivity index (χ1) is 9.86. The predicted molar refractivity (Wildman–Crippen MR) is 76.2 cm³/mol. The summed E-state index contributed by atoms with van der Waals surface area (Å²) in [4.78, 5) is 6.59. The van der Waals surface area contributed by atoms with E-state index in [1.165, 1.54) is 5.69 Å². The van der Waals surface area contributed by atoms with Crippen LogP contribution in [0.25, 0.3) is 0 Å². The Morgan fingerprint density at radius 3 is 2.85 bits per heavy atom. The normalized spacial score (nSPS) is 16.1. The second kappa shape index (κ2) is 5.74. The molecule has 5 heteroatoms. The topological polar surface area (TPSA) is 68.6 Å². The van der Waals surface area contributed by atoms with E-state index >= 15 is 0 Å². The molecule has 102 valence electrons. The molecule has 1 aliphatic rings. The van der Waals surface area contributed by atoms with Gasteiger partial charge in [0, 0.05) is 31.2 Å². The Labute approximate surface area is 118 Å². The lowest BCUT2D eigenvalue weighted by molar-refractivity contribution is 0.399. The van der Waals surface area contributed by atoms with Crippen molar-refractivity contribution in [3.8, 4) is 6.07 Å². The molecule has 1 N–H and O–H groups in total. The molecule has 0 atom stereocenters. The van der Waals surface area contributed by atoms with E-state index in [-0.39, 0.29) is 0 Å². The van der Waals surface area contributed by atoms with E-state index in [1.807, 2.05) is 18.2 Å². The van der Waals surface area contributed by atoms with Crippen molar-refractivity contribution in [2.45, 2.75) is 19.3 Å². The van der Waals surface area contributed by atoms with Crippen LogP contribution in [0.1, 0.15) is 24.1 Å². The number of nitrogens with zero attached hydrogens (tertiary/aromatic N) is 4. The largest absolute Gasteiger partial charge is 0.356 e. The van der Waals surface area contributed by atoms with Gasteiger partial charge in [0.15, 0.2) is 0 Å². The monoisotopic (exact) mass is 267 g/mol. The molecule has 2 aromatic rings. The summed E-state index contributed by atoms with van der Waals surface area (Å²) in [7, 11) is 0. The first-order valence-electron chi connectivity index (χ1n) is 6.95. The van der Waals surface area contributed by atoms with Gasteiger partial charge in [-0.1, -0.05) is 0 Å². The maximum Gasteiger partial charge on any atom is 0.146 e. The van der Waals surface area contributed by atoms with E-state index in [1.54, 1.807) is 12.4 Å². The number of hydrogen-bond donors (Lipinski definition) is 1. The number of H-pyrrole nitrogens is 1. The van der Waals surface area contributed by atoms with Gasteiger partial charge in [-0.15, -0.1) is 0 Å². The molecule has 3 rings (SSSR count). The van der Waals surface area contributed by atoms with Crippen molar-refractivity contribution in [1.82, 2.24) is 15.2 Å². The van der Waals surface area contributed by atoms with Crippen molar-refractivity contribution in [2.75, 3.05) is 18.0 Å². The summed E-state index contributed by atoms with van der Waals surface area (Å²) in [6, 6.07) is 7.91. The summed E-state index contributed by atoms with van der Waals surface area (Å²) >= 11 is 0. The average molecular weight is 267 g/mol. The molecule has 0 radical (unpaired) electrons. The van der Waals surface area contributed by atoms with Crippen LogP contribution in [0.5, 0.6) is 0 Å². The number of anilines is 1. The second-order valence-electron chi connectivity index (χ2n) is 5.20. The van der Waals surface area contributed by atoms with Gasteiger partial charge in [0.05, 0.1) is 5.56 Å². The Bertz CT molecular complexity index is 591. The Morgan fingerprint density at radius 1 is 1.30 bits per heavy atom. The fourth-order valence-corrected chi connectivity index (χ4v) is 2.79. The molecule has 0 unspecified atom stereocenters. The van der Waals surface area contributed by atoms with Crippen LogP contribution >= 0.6 is 0 Å². The van der Waals surface area contributed by atoms with Gasteiger partial charge in [0.25, 0.3) is 0 Å². The second-order valence-corrected chi connectivity index (χ2v) is 5.20. The quantitative estimate of drug-likeness (QED) is 0.925. The van der Waals surface area contributed by atoms with Crippen molar-refractivity contribution < 1.29 is 0 Å². The molecule has 0 spiro atoms. The van der Waals surface area contributed by atoms with Crippen LogP contribution in [-0.2, 0) is 6.42 Å². The van der Waals surface area contributed by atoms with Crippen LogP contribution in [0, 0.1) is 17.2 Å². The average Bonchev–Trinajstić information content (AvgIpc) is 3.01. The summed E-state index contributed by atoms with van der Waals surface area (Å²) in [5, 5.41) is 16.2. The van der Waals surface area contributed by atoms with Crippen molar-refractivity contribution in [3.05, 3.63) is 41.9 Å². The summed E-state index contributed by atoms with van der Waals surface area (Å²) in [6.07, 6.45) is 6.87. The standard InChI is InChI=1S/C15H17N5/c16-11-13-2-1-6-17-15(13)20-8-4-12(5-9-20)10-14-3-7-18-19-14/h1-3,6-7,12H,4-5,8-10H2,(H,18,19). The predicted octanol–water partition coefficient (Wildman–Crippen LogP) is 2.14. The fourth-order valence-electron chi connectivity index (χ4n) is 2.79. The molecule has 0 bridgehead atoms. The van der Waals surface area contributed by atoms with E-state index in [9.17, 15) is 0 Å². The van der Waals surface area contributed by atoms with E-state index < -0.39 is 0 Å². The summed E-state index contributed by atoms with van der Waals surface area (Å²) in [5.74, 6) is 1.51. The highest BCUT2D eigenvalue weighted by molar-refractivity contribution is 5.53. The molecular formula is C15H17N5.